The normalized spacial score (nSPS) is 12.6. The lowest BCUT2D eigenvalue weighted by atomic mass is 10.0. The minimum atomic E-state index is -0.539. The van der Waals surface area contributed by atoms with E-state index in [-0.39, 0.29) is 5.38 Å². The van der Waals surface area contributed by atoms with E-state index in [9.17, 15) is 8.78 Å². The van der Waals surface area contributed by atoms with Gasteiger partial charge in [-0.2, -0.15) is 0 Å². The number of halogens is 3. The molecule has 0 nitrogen and oxygen atoms in total. The number of alkyl halides is 1. The van der Waals surface area contributed by atoms with Gasteiger partial charge in [0.25, 0.3) is 0 Å². The second-order valence-corrected chi connectivity index (χ2v) is 5.71. The number of hydrogen-bond acceptors (Lipinski definition) is 0. The molecule has 19 heavy (non-hydrogen) atoms. The van der Waals surface area contributed by atoms with Crippen molar-refractivity contribution < 1.29 is 8.78 Å². The van der Waals surface area contributed by atoms with Crippen molar-refractivity contribution in [2.75, 3.05) is 0 Å². The maximum Gasteiger partial charge on any atom is 0.129 e. The van der Waals surface area contributed by atoms with E-state index in [1.54, 1.807) is 0 Å². The van der Waals surface area contributed by atoms with Crippen LogP contribution in [0.15, 0.2) is 18.2 Å². The van der Waals surface area contributed by atoms with Crippen molar-refractivity contribution in [1.29, 1.82) is 0 Å². The van der Waals surface area contributed by atoms with Crippen LogP contribution >= 0.6 is 11.6 Å². The molecule has 1 aromatic rings. The van der Waals surface area contributed by atoms with Crippen LogP contribution < -0.4 is 0 Å². The average molecular weight is 289 g/mol. The van der Waals surface area contributed by atoms with E-state index in [0.717, 1.165) is 18.9 Å². The third-order valence-electron chi connectivity index (χ3n) is 3.33. The van der Waals surface area contributed by atoms with Gasteiger partial charge in [0.05, 0.1) is 0 Å². The fourth-order valence-corrected chi connectivity index (χ4v) is 2.49. The van der Waals surface area contributed by atoms with E-state index in [0.29, 0.717) is 12.0 Å². The Labute approximate surface area is 120 Å². The van der Waals surface area contributed by atoms with Crippen LogP contribution in [-0.2, 0) is 6.42 Å². The smallest absolute Gasteiger partial charge is 0.129 e. The molecule has 0 N–H and O–H groups in total. The molecule has 0 aliphatic rings. The van der Waals surface area contributed by atoms with Crippen molar-refractivity contribution in [1.82, 2.24) is 0 Å². The standard InChI is InChI=1S/C16H23ClF2/c1-2-3-4-5-6-7-8-14(17)11-13-9-10-15(18)12-16(13)19/h9-10,12,14H,2-8,11H2,1H3. The van der Waals surface area contributed by atoms with Gasteiger partial charge in [-0.25, -0.2) is 8.78 Å². The molecule has 0 bridgehead atoms. The Morgan fingerprint density at radius 3 is 2.42 bits per heavy atom. The highest BCUT2D eigenvalue weighted by molar-refractivity contribution is 6.20. The summed E-state index contributed by atoms with van der Waals surface area (Å²) in [6, 6.07) is 3.69. The molecule has 0 saturated heterocycles. The molecule has 0 radical (unpaired) electrons. The lowest BCUT2D eigenvalue weighted by molar-refractivity contribution is 0.556. The van der Waals surface area contributed by atoms with Gasteiger partial charge in [-0.1, -0.05) is 51.5 Å². The van der Waals surface area contributed by atoms with Crippen molar-refractivity contribution in [2.45, 2.75) is 63.7 Å². The van der Waals surface area contributed by atoms with Gasteiger partial charge in [0.15, 0.2) is 0 Å². The highest BCUT2D eigenvalue weighted by Gasteiger charge is 2.10. The van der Waals surface area contributed by atoms with Gasteiger partial charge in [0.2, 0.25) is 0 Å². The summed E-state index contributed by atoms with van der Waals surface area (Å²) in [4.78, 5) is 0. The topological polar surface area (TPSA) is 0 Å². The first-order chi connectivity index (χ1) is 9.13. The molecular weight excluding hydrogens is 266 g/mol. The van der Waals surface area contributed by atoms with Crippen LogP contribution in [0.4, 0.5) is 8.78 Å². The van der Waals surface area contributed by atoms with Gasteiger partial charge in [-0.15, -0.1) is 11.6 Å². The zero-order valence-corrected chi connectivity index (χ0v) is 12.4. The molecule has 0 fully saturated rings. The fraction of sp³-hybridized carbons (Fsp3) is 0.625. The van der Waals surface area contributed by atoms with E-state index >= 15 is 0 Å². The molecule has 1 unspecified atom stereocenters. The van der Waals surface area contributed by atoms with Crippen LogP contribution in [0.1, 0.15) is 57.4 Å². The minimum absolute atomic E-state index is 0.0638. The van der Waals surface area contributed by atoms with E-state index in [1.165, 1.54) is 44.2 Å². The third kappa shape index (κ3) is 6.91. The molecule has 0 spiro atoms. The first kappa shape index (κ1) is 16.4. The molecule has 1 atom stereocenters. The highest BCUT2D eigenvalue weighted by Crippen LogP contribution is 2.18. The molecule has 3 heteroatoms. The molecule has 1 rings (SSSR count). The van der Waals surface area contributed by atoms with Crippen LogP contribution in [0, 0.1) is 11.6 Å². The van der Waals surface area contributed by atoms with Crippen LogP contribution in [0.25, 0.3) is 0 Å². The van der Waals surface area contributed by atoms with Gasteiger partial charge >= 0.3 is 0 Å². The Kier molecular flexibility index (Phi) is 8.04. The van der Waals surface area contributed by atoms with Gasteiger partial charge < -0.3 is 0 Å². The van der Waals surface area contributed by atoms with Crippen molar-refractivity contribution >= 4 is 11.6 Å². The molecule has 0 amide bonds. The first-order valence-electron chi connectivity index (χ1n) is 7.21. The van der Waals surface area contributed by atoms with E-state index < -0.39 is 11.6 Å². The van der Waals surface area contributed by atoms with Gasteiger partial charge in [0, 0.05) is 11.4 Å². The van der Waals surface area contributed by atoms with Crippen molar-refractivity contribution in [2.24, 2.45) is 0 Å². The monoisotopic (exact) mass is 288 g/mol. The SMILES string of the molecule is CCCCCCCCC(Cl)Cc1ccc(F)cc1F. The zero-order chi connectivity index (χ0) is 14.1. The van der Waals surface area contributed by atoms with Crippen molar-refractivity contribution in [3.05, 3.63) is 35.4 Å². The molecule has 0 aliphatic heterocycles. The summed E-state index contributed by atoms with van der Waals surface area (Å²) in [5, 5.41) is -0.0638. The van der Waals surface area contributed by atoms with Gasteiger partial charge in [0.1, 0.15) is 11.6 Å². The summed E-state index contributed by atoms with van der Waals surface area (Å²) in [5.74, 6) is -1.03. The zero-order valence-electron chi connectivity index (χ0n) is 11.6. The minimum Gasteiger partial charge on any atom is -0.207 e. The van der Waals surface area contributed by atoms with Crippen LogP contribution in [0.2, 0.25) is 0 Å². The van der Waals surface area contributed by atoms with Crippen LogP contribution in [0.3, 0.4) is 0 Å². The number of rotatable bonds is 9. The molecule has 0 aromatic heterocycles. The highest BCUT2D eigenvalue weighted by atomic mass is 35.5. The summed E-state index contributed by atoms with van der Waals surface area (Å²) in [6.07, 6.45) is 8.73. The average Bonchev–Trinajstić information content (AvgIpc) is 2.37. The molecule has 0 heterocycles. The van der Waals surface area contributed by atoms with Gasteiger partial charge in [-0.3, -0.25) is 0 Å². The predicted octanol–water partition coefficient (Wildman–Crippen LogP) is 5.87. The van der Waals surface area contributed by atoms with E-state index in [1.807, 2.05) is 0 Å². The third-order valence-corrected chi connectivity index (χ3v) is 3.70. The predicted molar refractivity (Wildman–Crippen MR) is 77.7 cm³/mol. The fourth-order valence-electron chi connectivity index (χ4n) is 2.17. The largest absolute Gasteiger partial charge is 0.207 e. The van der Waals surface area contributed by atoms with Gasteiger partial charge in [-0.05, 0) is 24.5 Å². The van der Waals surface area contributed by atoms with Crippen LogP contribution in [0.5, 0.6) is 0 Å². The second-order valence-electron chi connectivity index (χ2n) is 5.09. The van der Waals surface area contributed by atoms with E-state index in [2.05, 4.69) is 6.92 Å². The maximum atomic E-state index is 13.4. The molecule has 0 aliphatic carbocycles. The molecule has 0 saturated carbocycles. The quantitative estimate of drug-likeness (QED) is 0.394. The molecular formula is C16H23ClF2. The molecule has 108 valence electrons. The lowest BCUT2D eigenvalue weighted by Crippen LogP contribution is -2.05. The maximum absolute atomic E-state index is 13.4. The molecule has 1 aromatic carbocycles. The lowest BCUT2D eigenvalue weighted by Gasteiger charge is -2.10. The Hall–Kier alpha value is -0.630. The summed E-state index contributed by atoms with van der Waals surface area (Å²) in [6.45, 7) is 2.20. The summed E-state index contributed by atoms with van der Waals surface area (Å²) in [7, 11) is 0. The Morgan fingerprint density at radius 2 is 1.74 bits per heavy atom. The Morgan fingerprint density at radius 1 is 1.05 bits per heavy atom. The Balaban J connectivity index is 2.21. The number of hydrogen-bond donors (Lipinski definition) is 0. The number of unbranched alkanes of at least 4 members (excludes halogenated alkanes) is 5. The van der Waals surface area contributed by atoms with Crippen LogP contribution in [-0.4, -0.2) is 5.38 Å². The summed E-state index contributed by atoms with van der Waals surface area (Å²) < 4.78 is 26.2. The second kappa shape index (κ2) is 9.30. The van der Waals surface area contributed by atoms with Crippen molar-refractivity contribution in [3.8, 4) is 0 Å². The first-order valence-corrected chi connectivity index (χ1v) is 7.65. The summed E-state index contributed by atoms with van der Waals surface area (Å²) >= 11 is 6.21. The van der Waals surface area contributed by atoms with Crippen molar-refractivity contribution in [3.63, 3.8) is 0 Å². The summed E-state index contributed by atoms with van der Waals surface area (Å²) in [5.41, 5.74) is 0.507. The Bertz CT molecular complexity index is 366. The van der Waals surface area contributed by atoms with E-state index in [4.69, 9.17) is 11.6 Å². The number of benzene rings is 1.